The molecular formula is C27H29N5O2. The fourth-order valence-corrected chi connectivity index (χ4v) is 4.15. The van der Waals surface area contributed by atoms with Crippen LogP contribution in [0.5, 0.6) is 5.88 Å². The van der Waals surface area contributed by atoms with Crippen molar-refractivity contribution in [3.05, 3.63) is 83.6 Å². The van der Waals surface area contributed by atoms with Crippen LogP contribution in [0, 0.1) is 6.92 Å². The van der Waals surface area contributed by atoms with Gasteiger partial charge in [-0.2, -0.15) is 10.1 Å². The summed E-state index contributed by atoms with van der Waals surface area (Å²) in [5, 5.41) is 5.63. The van der Waals surface area contributed by atoms with Gasteiger partial charge in [-0.25, -0.2) is 0 Å². The van der Waals surface area contributed by atoms with Crippen molar-refractivity contribution in [3.63, 3.8) is 0 Å². The summed E-state index contributed by atoms with van der Waals surface area (Å²) in [6.45, 7) is 5.71. The molecule has 34 heavy (non-hydrogen) atoms. The third-order valence-electron chi connectivity index (χ3n) is 5.89. The van der Waals surface area contributed by atoms with Crippen LogP contribution in [0.1, 0.15) is 16.7 Å². The molecule has 174 valence electrons. The molecule has 2 N–H and O–H groups in total. The minimum atomic E-state index is 0.535. The fourth-order valence-electron chi connectivity index (χ4n) is 4.15. The van der Waals surface area contributed by atoms with Crippen LogP contribution < -0.4 is 15.1 Å². The fraction of sp³-hybridized carbons (Fsp3) is 0.259. The minimum absolute atomic E-state index is 0.535. The second-order valence-corrected chi connectivity index (χ2v) is 8.39. The molecule has 3 heterocycles. The summed E-state index contributed by atoms with van der Waals surface area (Å²) in [6, 6.07) is 20.5. The Kier molecular flexibility index (Phi) is 6.72. The SMILES string of the molecule is Cc1cccc(/C=N/Nc2cc(N3CCOCC3)cc(OCCc3c[nH]c4ccccc34)n2)c1. The highest BCUT2D eigenvalue weighted by Gasteiger charge is 2.14. The van der Waals surface area contributed by atoms with Gasteiger partial charge in [0.1, 0.15) is 0 Å². The molecule has 1 aliphatic rings. The summed E-state index contributed by atoms with van der Waals surface area (Å²) in [5.41, 5.74) is 8.74. The van der Waals surface area contributed by atoms with E-state index in [4.69, 9.17) is 9.47 Å². The first-order valence-corrected chi connectivity index (χ1v) is 11.6. The third kappa shape index (κ3) is 5.38. The number of hydrogen-bond acceptors (Lipinski definition) is 6. The summed E-state index contributed by atoms with van der Waals surface area (Å²) in [5.74, 6) is 1.23. The summed E-state index contributed by atoms with van der Waals surface area (Å²) in [4.78, 5) is 10.3. The number of nitrogens with one attached hydrogen (secondary N) is 2. The van der Waals surface area contributed by atoms with E-state index >= 15 is 0 Å². The normalized spacial score (nSPS) is 14.1. The average molecular weight is 456 g/mol. The van der Waals surface area contributed by atoms with E-state index in [1.165, 1.54) is 16.5 Å². The number of pyridine rings is 1. The lowest BCUT2D eigenvalue weighted by molar-refractivity contribution is 0.122. The first-order chi connectivity index (χ1) is 16.7. The predicted molar refractivity (Wildman–Crippen MR) is 137 cm³/mol. The molecule has 1 saturated heterocycles. The number of benzene rings is 2. The highest BCUT2D eigenvalue weighted by atomic mass is 16.5. The number of H-pyrrole nitrogens is 1. The molecular weight excluding hydrogens is 426 g/mol. The van der Waals surface area contributed by atoms with Crippen molar-refractivity contribution in [2.45, 2.75) is 13.3 Å². The van der Waals surface area contributed by atoms with E-state index in [2.05, 4.69) is 68.8 Å². The van der Waals surface area contributed by atoms with Gasteiger partial charge in [-0.3, -0.25) is 5.43 Å². The molecule has 0 unspecified atom stereocenters. The smallest absolute Gasteiger partial charge is 0.217 e. The summed E-state index contributed by atoms with van der Waals surface area (Å²) in [6.07, 6.45) is 4.65. The maximum Gasteiger partial charge on any atom is 0.217 e. The molecule has 5 rings (SSSR count). The first-order valence-electron chi connectivity index (χ1n) is 11.6. The second kappa shape index (κ2) is 10.4. The molecule has 0 atom stereocenters. The Morgan fingerprint density at radius 3 is 2.88 bits per heavy atom. The molecule has 2 aromatic carbocycles. The maximum atomic E-state index is 6.11. The van der Waals surface area contributed by atoms with Gasteiger partial charge in [-0.1, -0.05) is 48.0 Å². The van der Waals surface area contributed by atoms with Crippen molar-refractivity contribution in [3.8, 4) is 5.88 Å². The lowest BCUT2D eigenvalue weighted by Gasteiger charge is -2.29. The van der Waals surface area contributed by atoms with Crippen LogP contribution in [0.2, 0.25) is 0 Å². The lowest BCUT2D eigenvalue weighted by atomic mass is 10.1. The Labute approximate surface area is 199 Å². The maximum absolute atomic E-state index is 6.11. The molecule has 0 bridgehead atoms. The van der Waals surface area contributed by atoms with E-state index in [0.29, 0.717) is 31.5 Å². The summed E-state index contributed by atoms with van der Waals surface area (Å²) in [7, 11) is 0. The van der Waals surface area contributed by atoms with Gasteiger partial charge in [0, 0.05) is 54.4 Å². The predicted octanol–water partition coefficient (Wildman–Crippen LogP) is 4.78. The molecule has 7 nitrogen and oxygen atoms in total. The molecule has 0 aliphatic carbocycles. The standard InChI is InChI=1S/C27H29N5O2/c1-20-5-4-6-21(15-20)18-29-31-26-16-23(32-10-13-33-14-11-32)17-27(30-26)34-12-9-22-19-28-25-8-3-2-7-24(22)25/h2-8,15-19,28H,9-14H2,1H3,(H,30,31)/b29-18+. The van der Waals surface area contributed by atoms with Gasteiger partial charge in [-0.15, -0.1) is 0 Å². The zero-order chi connectivity index (χ0) is 23.2. The van der Waals surface area contributed by atoms with Crippen LogP contribution in [-0.4, -0.2) is 49.1 Å². The number of morpholine rings is 1. The molecule has 2 aromatic heterocycles. The molecule has 7 heteroatoms. The van der Waals surface area contributed by atoms with E-state index < -0.39 is 0 Å². The van der Waals surface area contributed by atoms with Crippen LogP contribution in [-0.2, 0) is 11.2 Å². The third-order valence-corrected chi connectivity index (χ3v) is 5.89. The van der Waals surface area contributed by atoms with Gasteiger partial charge in [0.2, 0.25) is 5.88 Å². The number of anilines is 2. The quantitative estimate of drug-likeness (QED) is 0.296. The topological polar surface area (TPSA) is 74.8 Å². The summed E-state index contributed by atoms with van der Waals surface area (Å²) >= 11 is 0. The molecule has 0 amide bonds. The van der Waals surface area contributed by atoms with E-state index in [1.807, 2.05) is 30.3 Å². The van der Waals surface area contributed by atoms with Gasteiger partial charge in [0.05, 0.1) is 26.0 Å². The highest BCUT2D eigenvalue weighted by Crippen LogP contribution is 2.25. The van der Waals surface area contributed by atoms with Crippen molar-refractivity contribution in [2.24, 2.45) is 5.10 Å². The first kappa shape index (κ1) is 22.0. The number of ether oxygens (including phenoxy) is 2. The van der Waals surface area contributed by atoms with E-state index in [9.17, 15) is 0 Å². The van der Waals surface area contributed by atoms with E-state index in [1.54, 1.807) is 6.21 Å². The Morgan fingerprint density at radius 1 is 1.12 bits per heavy atom. The Balaban J connectivity index is 1.30. The van der Waals surface area contributed by atoms with Gasteiger partial charge >= 0.3 is 0 Å². The highest BCUT2D eigenvalue weighted by molar-refractivity contribution is 5.83. The van der Waals surface area contributed by atoms with E-state index in [0.717, 1.165) is 36.3 Å². The molecule has 4 aromatic rings. The largest absolute Gasteiger partial charge is 0.477 e. The van der Waals surface area contributed by atoms with Crippen LogP contribution in [0.15, 0.2) is 72.0 Å². The van der Waals surface area contributed by atoms with Crippen LogP contribution in [0.3, 0.4) is 0 Å². The molecule has 1 fully saturated rings. The number of aromatic amines is 1. The van der Waals surface area contributed by atoms with Crippen LogP contribution >= 0.6 is 0 Å². The molecule has 1 aliphatic heterocycles. The zero-order valence-electron chi connectivity index (χ0n) is 19.3. The zero-order valence-corrected chi connectivity index (χ0v) is 19.3. The number of para-hydroxylation sites is 1. The van der Waals surface area contributed by atoms with Crippen molar-refractivity contribution < 1.29 is 9.47 Å². The monoisotopic (exact) mass is 455 g/mol. The van der Waals surface area contributed by atoms with Crippen molar-refractivity contribution in [2.75, 3.05) is 43.2 Å². The minimum Gasteiger partial charge on any atom is -0.477 e. The molecule has 0 radical (unpaired) electrons. The van der Waals surface area contributed by atoms with Crippen LogP contribution in [0.25, 0.3) is 10.9 Å². The van der Waals surface area contributed by atoms with Crippen molar-refractivity contribution in [1.82, 2.24) is 9.97 Å². The number of aromatic nitrogens is 2. The Hall–Kier alpha value is -3.84. The Morgan fingerprint density at radius 2 is 2.00 bits per heavy atom. The number of aryl methyl sites for hydroxylation is 1. The van der Waals surface area contributed by atoms with Crippen molar-refractivity contribution in [1.29, 1.82) is 0 Å². The lowest BCUT2D eigenvalue weighted by Crippen LogP contribution is -2.36. The number of fused-ring (bicyclic) bond motifs is 1. The average Bonchev–Trinajstić information content (AvgIpc) is 3.28. The number of rotatable bonds is 8. The van der Waals surface area contributed by atoms with Gasteiger partial charge < -0.3 is 19.4 Å². The van der Waals surface area contributed by atoms with Crippen molar-refractivity contribution >= 4 is 28.6 Å². The van der Waals surface area contributed by atoms with Gasteiger partial charge in [0.25, 0.3) is 0 Å². The second-order valence-electron chi connectivity index (χ2n) is 8.39. The van der Waals surface area contributed by atoms with Gasteiger partial charge in [0.15, 0.2) is 5.82 Å². The summed E-state index contributed by atoms with van der Waals surface area (Å²) < 4.78 is 11.6. The van der Waals surface area contributed by atoms with Crippen LogP contribution in [0.4, 0.5) is 11.5 Å². The number of hydrogen-bond donors (Lipinski definition) is 2. The molecule has 0 spiro atoms. The Bertz CT molecular complexity index is 1280. The number of nitrogens with zero attached hydrogens (tertiary/aromatic N) is 3. The van der Waals surface area contributed by atoms with Gasteiger partial charge in [-0.05, 0) is 24.1 Å². The van der Waals surface area contributed by atoms with E-state index in [-0.39, 0.29) is 0 Å². The molecule has 0 saturated carbocycles. The number of hydrazone groups is 1.